The summed E-state index contributed by atoms with van der Waals surface area (Å²) in [6.07, 6.45) is 0. The summed E-state index contributed by atoms with van der Waals surface area (Å²) in [5.41, 5.74) is 2.49. The van der Waals surface area contributed by atoms with E-state index < -0.39 is 9.84 Å². The lowest BCUT2D eigenvalue weighted by Gasteiger charge is -2.26. The van der Waals surface area contributed by atoms with Crippen molar-refractivity contribution in [2.75, 3.05) is 37.7 Å². The van der Waals surface area contributed by atoms with Gasteiger partial charge in [0.25, 0.3) is 5.91 Å². The molecule has 0 spiro atoms. The third-order valence-corrected chi connectivity index (χ3v) is 4.95. The van der Waals surface area contributed by atoms with Gasteiger partial charge in [-0.05, 0) is 18.2 Å². The Labute approximate surface area is 124 Å². The van der Waals surface area contributed by atoms with Gasteiger partial charge in [0.05, 0.1) is 11.5 Å². The van der Waals surface area contributed by atoms with E-state index in [1.807, 2.05) is 0 Å². The summed E-state index contributed by atoms with van der Waals surface area (Å²) in [7, 11) is -2.85. The van der Waals surface area contributed by atoms with Gasteiger partial charge in [-0.3, -0.25) is 15.1 Å². The van der Waals surface area contributed by atoms with Crippen LogP contribution < -0.4 is 16.0 Å². The molecular weight excluding hydrogens is 294 g/mol. The van der Waals surface area contributed by atoms with Gasteiger partial charge in [-0.1, -0.05) is 6.07 Å². The fraction of sp³-hybridized carbons (Fsp3) is 0.462. The van der Waals surface area contributed by atoms with E-state index in [1.165, 1.54) is 0 Å². The minimum absolute atomic E-state index is 0.207. The van der Waals surface area contributed by atoms with Crippen molar-refractivity contribution in [2.24, 2.45) is 5.84 Å². The van der Waals surface area contributed by atoms with Crippen LogP contribution in [-0.4, -0.2) is 57.0 Å². The highest BCUT2D eigenvalue weighted by Crippen LogP contribution is 2.13. The smallest absolute Gasteiger partial charge is 0.265 e. The number of hydrogen-bond acceptors (Lipinski definition) is 6. The molecule has 0 saturated carbocycles. The molecule has 0 aromatic heterocycles. The summed E-state index contributed by atoms with van der Waals surface area (Å²) in [4.78, 5) is 13.4. The second-order valence-corrected chi connectivity index (χ2v) is 7.15. The van der Waals surface area contributed by atoms with E-state index in [2.05, 4.69) is 10.3 Å². The van der Waals surface area contributed by atoms with Crippen molar-refractivity contribution >= 4 is 15.7 Å². The number of carbonyl (C=O) groups excluding carboxylic acids is 1. The number of nitrogens with zero attached hydrogens (tertiary/aromatic N) is 1. The Morgan fingerprint density at radius 3 is 2.71 bits per heavy atom. The summed E-state index contributed by atoms with van der Waals surface area (Å²) in [6, 6.07) is 6.73. The molecule has 3 N–H and O–H groups in total. The maximum absolute atomic E-state index is 11.4. The normalized spacial score (nSPS) is 18.1. The molecule has 1 aliphatic heterocycles. The van der Waals surface area contributed by atoms with Crippen LogP contribution in [0.3, 0.4) is 0 Å². The van der Waals surface area contributed by atoms with E-state index in [0.29, 0.717) is 37.6 Å². The SMILES string of the molecule is NNC(=O)c1cccc(OCCN2CCS(=O)(=O)CC2)c1. The van der Waals surface area contributed by atoms with E-state index in [1.54, 1.807) is 24.3 Å². The fourth-order valence-corrected chi connectivity index (χ4v) is 3.35. The van der Waals surface area contributed by atoms with Gasteiger partial charge in [-0.25, -0.2) is 14.3 Å². The van der Waals surface area contributed by atoms with Gasteiger partial charge in [0.1, 0.15) is 12.4 Å². The Kier molecular flexibility index (Phi) is 5.16. The molecule has 1 aliphatic rings. The maximum Gasteiger partial charge on any atom is 0.265 e. The number of rotatable bonds is 5. The zero-order valence-electron chi connectivity index (χ0n) is 11.6. The molecule has 2 rings (SSSR count). The number of ether oxygens (including phenoxy) is 1. The topological polar surface area (TPSA) is 102 Å². The van der Waals surface area contributed by atoms with Crippen LogP contribution in [-0.2, 0) is 9.84 Å². The zero-order valence-corrected chi connectivity index (χ0v) is 12.4. The summed E-state index contributed by atoms with van der Waals surface area (Å²) in [6.45, 7) is 2.18. The highest BCUT2D eigenvalue weighted by molar-refractivity contribution is 7.91. The molecular formula is C13H19N3O4S. The summed E-state index contributed by atoms with van der Waals surface area (Å²) < 4.78 is 28.2. The van der Waals surface area contributed by atoms with Gasteiger partial charge in [0, 0.05) is 25.2 Å². The number of nitrogen functional groups attached to an aromatic ring is 1. The van der Waals surface area contributed by atoms with Crippen molar-refractivity contribution in [3.05, 3.63) is 29.8 Å². The summed E-state index contributed by atoms with van der Waals surface area (Å²) >= 11 is 0. The number of nitrogens with two attached hydrogens (primary N) is 1. The zero-order chi connectivity index (χ0) is 15.3. The standard InChI is InChI=1S/C13H19N3O4S/c14-15-13(17)11-2-1-3-12(10-11)20-7-4-16-5-8-21(18,19)9-6-16/h1-3,10H,4-9,14H2,(H,15,17). The first-order valence-corrected chi connectivity index (χ1v) is 8.49. The van der Waals surface area contributed by atoms with Crippen molar-refractivity contribution in [3.63, 3.8) is 0 Å². The first-order chi connectivity index (χ1) is 10.00. The molecule has 0 atom stereocenters. The first kappa shape index (κ1) is 15.7. The highest BCUT2D eigenvalue weighted by Gasteiger charge is 2.21. The van der Waals surface area contributed by atoms with Gasteiger partial charge < -0.3 is 4.74 Å². The molecule has 21 heavy (non-hydrogen) atoms. The number of sulfone groups is 1. The minimum atomic E-state index is -2.85. The van der Waals surface area contributed by atoms with Crippen LogP contribution >= 0.6 is 0 Å². The molecule has 0 radical (unpaired) electrons. The van der Waals surface area contributed by atoms with Crippen LogP contribution in [0.2, 0.25) is 0 Å². The molecule has 116 valence electrons. The number of nitrogens with one attached hydrogen (secondary N) is 1. The predicted octanol–water partition coefficient (Wildman–Crippen LogP) is -0.601. The quantitative estimate of drug-likeness (QED) is 0.427. The van der Waals surface area contributed by atoms with Gasteiger partial charge in [-0.2, -0.15) is 0 Å². The molecule has 1 amide bonds. The Bertz CT molecular complexity index is 589. The Balaban J connectivity index is 1.80. The fourth-order valence-electron chi connectivity index (χ4n) is 2.08. The summed E-state index contributed by atoms with van der Waals surface area (Å²) in [5.74, 6) is 5.70. The highest BCUT2D eigenvalue weighted by atomic mass is 32.2. The third kappa shape index (κ3) is 4.69. The first-order valence-electron chi connectivity index (χ1n) is 6.67. The van der Waals surface area contributed by atoms with Gasteiger partial charge in [-0.15, -0.1) is 0 Å². The third-order valence-electron chi connectivity index (χ3n) is 3.34. The Morgan fingerprint density at radius 2 is 2.05 bits per heavy atom. The van der Waals surface area contributed by atoms with E-state index in [-0.39, 0.29) is 17.4 Å². The lowest BCUT2D eigenvalue weighted by Crippen LogP contribution is -2.42. The average Bonchev–Trinajstić information content (AvgIpc) is 2.48. The number of amides is 1. The van der Waals surface area contributed by atoms with Crippen molar-refractivity contribution < 1.29 is 17.9 Å². The molecule has 1 saturated heterocycles. The molecule has 0 unspecified atom stereocenters. The van der Waals surface area contributed by atoms with Gasteiger partial charge >= 0.3 is 0 Å². The van der Waals surface area contributed by atoms with Crippen LogP contribution in [0.25, 0.3) is 0 Å². The second-order valence-electron chi connectivity index (χ2n) is 4.84. The van der Waals surface area contributed by atoms with Crippen LogP contribution in [0.15, 0.2) is 24.3 Å². The molecule has 1 aromatic rings. The number of hydrazine groups is 1. The minimum Gasteiger partial charge on any atom is -0.492 e. The van der Waals surface area contributed by atoms with Crippen LogP contribution in [0.4, 0.5) is 0 Å². The second kappa shape index (κ2) is 6.88. The number of hydrogen-bond donors (Lipinski definition) is 2. The van der Waals surface area contributed by atoms with Crippen molar-refractivity contribution in [1.29, 1.82) is 0 Å². The Hall–Kier alpha value is -1.64. The van der Waals surface area contributed by atoms with Crippen molar-refractivity contribution in [3.8, 4) is 5.75 Å². The van der Waals surface area contributed by atoms with Gasteiger partial charge in [0.15, 0.2) is 9.84 Å². The van der Waals surface area contributed by atoms with E-state index in [0.717, 1.165) is 0 Å². The van der Waals surface area contributed by atoms with Crippen LogP contribution in [0.5, 0.6) is 5.75 Å². The van der Waals surface area contributed by atoms with E-state index in [9.17, 15) is 13.2 Å². The van der Waals surface area contributed by atoms with Crippen molar-refractivity contribution in [2.45, 2.75) is 0 Å². The lowest BCUT2D eigenvalue weighted by molar-refractivity contribution is 0.0953. The van der Waals surface area contributed by atoms with Crippen molar-refractivity contribution in [1.82, 2.24) is 10.3 Å². The van der Waals surface area contributed by atoms with E-state index in [4.69, 9.17) is 10.6 Å². The van der Waals surface area contributed by atoms with E-state index >= 15 is 0 Å². The largest absolute Gasteiger partial charge is 0.492 e. The number of benzene rings is 1. The average molecular weight is 313 g/mol. The molecule has 1 heterocycles. The molecule has 7 nitrogen and oxygen atoms in total. The Morgan fingerprint density at radius 1 is 1.33 bits per heavy atom. The molecule has 8 heteroatoms. The molecule has 0 bridgehead atoms. The maximum atomic E-state index is 11.4. The predicted molar refractivity (Wildman–Crippen MR) is 78.7 cm³/mol. The van der Waals surface area contributed by atoms with Crippen LogP contribution in [0.1, 0.15) is 10.4 Å². The van der Waals surface area contributed by atoms with Gasteiger partial charge in [0.2, 0.25) is 0 Å². The molecule has 1 fully saturated rings. The summed E-state index contributed by atoms with van der Waals surface area (Å²) in [5, 5.41) is 0. The lowest BCUT2D eigenvalue weighted by atomic mass is 10.2. The molecule has 0 aliphatic carbocycles. The number of carbonyl (C=O) groups is 1. The molecule has 1 aromatic carbocycles. The monoisotopic (exact) mass is 313 g/mol. The van der Waals surface area contributed by atoms with Crippen LogP contribution in [0, 0.1) is 0 Å².